The Kier molecular flexibility index (Phi) is 6.55. The molecular formula is C22H22N2O3S. The van der Waals surface area contributed by atoms with E-state index in [4.69, 9.17) is 4.74 Å². The summed E-state index contributed by atoms with van der Waals surface area (Å²) in [4.78, 5) is 29.3. The van der Waals surface area contributed by atoms with Gasteiger partial charge in [0, 0.05) is 13.0 Å². The van der Waals surface area contributed by atoms with E-state index in [2.05, 4.69) is 11.6 Å². The van der Waals surface area contributed by atoms with Crippen LogP contribution in [0.15, 0.2) is 66.2 Å². The third-order valence-corrected chi connectivity index (χ3v) is 5.24. The Labute approximate surface area is 167 Å². The highest BCUT2D eigenvalue weighted by atomic mass is 32.1. The van der Waals surface area contributed by atoms with Crippen LogP contribution in [0.5, 0.6) is 0 Å². The number of aryl methyl sites for hydroxylation is 1. The molecule has 6 heteroatoms. The number of nitrogens with zero attached hydrogens (tertiary/aromatic N) is 2. The van der Waals surface area contributed by atoms with E-state index in [-0.39, 0.29) is 11.9 Å². The number of ether oxygens (including phenoxy) is 1. The SMILES string of the molecule is C=CCn1c(=NC(=O)CCc2ccccc2)sc2cc(C(=O)OCC)ccc21. The molecule has 1 amide bonds. The predicted octanol–water partition coefficient (Wildman–Crippen LogP) is 4.13. The summed E-state index contributed by atoms with van der Waals surface area (Å²) >= 11 is 1.38. The lowest BCUT2D eigenvalue weighted by Crippen LogP contribution is -2.16. The van der Waals surface area contributed by atoms with Crippen LogP contribution in [-0.2, 0) is 22.5 Å². The van der Waals surface area contributed by atoms with Gasteiger partial charge in [0.15, 0.2) is 4.80 Å². The van der Waals surface area contributed by atoms with Crippen LogP contribution >= 0.6 is 11.3 Å². The maximum atomic E-state index is 12.4. The summed E-state index contributed by atoms with van der Waals surface area (Å²) in [5.41, 5.74) is 2.51. The van der Waals surface area contributed by atoms with Crippen LogP contribution in [0, 0.1) is 0 Å². The maximum absolute atomic E-state index is 12.4. The summed E-state index contributed by atoms with van der Waals surface area (Å²) in [6.45, 7) is 6.43. The molecule has 28 heavy (non-hydrogen) atoms. The van der Waals surface area contributed by atoms with Crippen molar-refractivity contribution < 1.29 is 14.3 Å². The van der Waals surface area contributed by atoms with Gasteiger partial charge in [-0.2, -0.15) is 4.99 Å². The normalized spacial score (nSPS) is 11.5. The molecule has 0 saturated heterocycles. The fourth-order valence-electron chi connectivity index (χ4n) is 2.86. The largest absolute Gasteiger partial charge is 0.462 e. The van der Waals surface area contributed by atoms with Gasteiger partial charge in [-0.1, -0.05) is 47.7 Å². The zero-order valence-electron chi connectivity index (χ0n) is 15.8. The third kappa shape index (κ3) is 4.64. The number of esters is 1. The molecule has 0 atom stereocenters. The summed E-state index contributed by atoms with van der Waals surface area (Å²) in [6, 6.07) is 15.2. The second-order valence-electron chi connectivity index (χ2n) is 6.18. The van der Waals surface area contributed by atoms with Crippen LogP contribution in [-0.4, -0.2) is 23.1 Å². The minimum Gasteiger partial charge on any atom is -0.462 e. The average molecular weight is 394 g/mol. The van der Waals surface area contributed by atoms with E-state index in [0.717, 1.165) is 15.8 Å². The van der Waals surface area contributed by atoms with Crippen molar-refractivity contribution in [1.29, 1.82) is 0 Å². The van der Waals surface area contributed by atoms with Gasteiger partial charge in [-0.05, 0) is 37.1 Å². The van der Waals surface area contributed by atoms with Crippen molar-refractivity contribution in [2.75, 3.05) is 6.61 Å². The van der Waals surface area contributed by atoms with E-state index in [9.17, 15) is 9.59 Å². The zero-order valence-corrected chi connectivity index (χ0v) is 16.6. The molecule has 0 radical (unpaired) electrons. The van der Waals surface area contributed by atoms with Crippen LogP contribution in [0.2, 0.25) is 0 Å². The monoisotopic (exact) mass is 394 g/mol. The molecule has 0 saturated carbocycles. The number of thiazole rings is 1. The van der Waals surface area contributed by atoms with Gasteiger partial charge in [0.05, 0.1) is 22.4 Å². The number of carbonyl (C=O) groups excluding carboxylic acids is 2. The van der Waals surface area contributed by atoms with Crippen LogP contribution in [0.3, 0.4) is 0 Å². The lowest BCUT2D eigenvalue weighted by atomic mass is 10.1. The van der Waals surface area contributed by atoms with Crippen molar-refractivity contribution >= 4 is 33.4 Å². The van der Waals surface area contributed by atoms with Gasteiger partial charge in [0.2, 0.25) is 5.91 Å². The number of allylic oxidation sites excluding steroid dienone is 1. The standard InChI is InChI=1S/C22H22N2O3S/c1-3-14-24-18-12-11-17(21(26)27-4-2)15-19(18)28-22(24)23-20(25)13-10-16-8-6-5-7-9-16/h3,5-9,11-12,15H,1,4,10,13-14H2,2H3. The Hall–Kier alpha value is -2.99. The molecule has 0 aliphatic carbocycles. The molecule has 0 aliphatic heterocycles. The first kappa shape index (κ1) is 19.8. The minimum absolute atomic E-state index is 0.168. The second kappa shape index (κ2) is 9.28. The third-order valence-electron chi connectivity index (χ3n) is 4.20. The van der Waals surface area contributed by atoms with E-state index < -0.39 is 0 Å². The number of hydrogen-bond acceptors (Lipinski definition) is 4. The van der Waals surface area contributed by atoms with E-state index >= 15 is 0 Å². The number of benzene rings is 2. The molecule has 0 N–H and O–H groups in total. The van der Waals surface area contributed by atoms with E-state index in [1.807, 2.05) is 41.0 Å². The molecule has 1 aromatic heterocycles. The molecule has 3 rings (SSSR count). The summed E-state index contributed by atoms with van der Waals surface area (Å²) in [5.74, 6) is -0.524. The van der Waals surface area contributed by atoms with E-state index in [1.165, 1.54) is 11.3 Å². The molecule has 3 aromatic rings. The smallest absolute Gasteiger partial charge is 0.338 e. The van der Waals surface area contributed by atoms with Crippen LogP contribution < -0.4 is 4.80 Å². The highest BCUT2D eigenvalue weighted by molar-refractivity contribution is 7.16. The molecule has 0 bridgehead atoms. The predicted molar refractivity (Wildman–Crippen MR) is 111 cm³/mol. The number of fused-ring (bicyclic) bond motifs is 1. The molecule has 2 aromatic carbocycles. The zero-order chi connectivity index (χ0) is 19.9. The Bertz CT molecular complexity index is 1060. The van der Waals surface area contributed by atoms with Gasteiger partial charge in [-0.3, -0.25) is 4.79 Å². The fourth-order valence-corrected chi connectivity index (χ4v) is 3.96. The molecule has 0 fully saturated rings. The number of aromatic nitrogens is 1. The Morgan fingerprint density at radius 1 is 1.21 bits per heavy atom. The average Bonchev–Trinajstić information content (AvgIpc) is 3.04. The van der Waals surface area contributed by atoms with Crippen molar-refractivity contribution in [2.24, 2.45) is 4.99 Å². The van der Waals surface area contributed by atoms with Gasteiger partial charge < -0.3 is 9.30 Å². The van der Waals surface area contributed by atoms with Crippen LogP contribution in [0.25, 0.3) is 10.2 Å². The second-order valence-corrected chi connectivity index (χ2v) is 7.19. The highest BCUT2D eigenvalue weighted by Crippen LogP contribution is 2.20. The van der Waals surface area contributed by atoms with Crippen molar-refractivity contribution in [1.82, 2.24) is 4.57 Å². The van der Waals surface area contributed by atoms with Crippen LogP contribution in [0.4, 0.5) is 0 Å². The van der Waals surface area contributed by atoms with Crippen LogP contribution in [0.1, 0.15) is 29.3 Å². The number of rotatable bonds is 7. The van der Waals surface area contributed by atoms with E-state index in [1.54, 1.807) is 25.1 Å². The number of carbonyl (C=O) groups is 2. The van der Waals surface area contributed by atoms with Crippen molar-refractivity contribution in [3.05, 3.63) is 77.1 Å². The van der Waals surface area contributed by atoms with Gasteiger partial charge in [-0.15, -0.1) is 6.58 Å². The summed E-state index contributed by atoms with van der Waals surface area (Å²) < 4.78 is 7.87. The topological polar surface area (TPSA) is 60.7 Å². The molecule has 5 nitrogen and oxygen atoms in total. The molecule has 1 heterocycles. The fraction of sp³-hybridized carbons (Fsp3) is 0.227. The quantitative estimate of drug-likeness (QED) is 0.447. The van der Waals surface area contributed by atoms with Gasteiger partial charge >= 0.3 is 5.97 Å². The summed E-state index contributed by atoms with van der Waals surface area (Å²) in [6.07, 6.45) is 2.77. The Balaban J connectivity index is 1.90. The Morgan fingerprint density at radius 2 is 2.00 bits per heavy atom. The molecule has 0 aliphatic rings. The van der Waals surface area contributed by atoms with Gasteiger partial charge in [-0.25, -0.2) is 4.79 Å². The van der Waals surface area contributed by atoms with Gasteiger partial charge in [0.25, 0.3) is 0 Å². The van der Waals surface area contributed by atoms with Crippen molar-refractivity contribution in [3.8, 4) is 0 Å². The Morgan fingerprint density at radius 3 is 2.71 bits per heavy atom. The first-order valence-electron chi connectivity index (χ1n) is 9.15. The summed E-state index contributed by atoms with van der Waals surface area (Å²) in [7, 11) is 0. The first-order chi connectivity index (χ1) is 13.6. The maximum Gasteiger partial charge on any atom is 0.338 e. The number of amides is 1. The van der Waals surface area contributed by atoms with E-state index in [0.29, 0.717) is 36.4 Å². The molecular weight excluding hydrogens is 372 g/mol. The lowest BCUT2D eigenvalue weighted by Gasteiger charge is -2.03. The minimum atomic E-state index is -0.356. The van der Waals surface area contributed by atoms with Crippen molar-refractivity contribution in [3.63, 3.8) is 0 Å². The first-order valence-corrected chi connectivity index (χ1v) is 9.97. The highest BCUT2D eigenvalue weighted by Gasteiger charge is 2.12. The molecule has 0 unspecified atom stereocenters. The molecule has 0 spiro atoms. The lowest BCUT2D eigenvalue weighted by molar-refractivity contribution is -0.118. The van der Waals surface area contributed by atoms with Gasteiger partial charge in [0.1, 0.15) is 0 Å². The van der Waals surface area contributed by atoms with Crippen molar-refractivity contribution in [2.45, 2.75) is 26.3 Å². The summed E-state index contributed by atoms with van der Waals surface area (Å²) in [5, 5.41) is 0. The number of hydrogen-bond donors (Lipinski definition) is 0. The molecule has 144 valence electrons.